The molecule has 3 aromatic rings. The minimum atomic E-state index is -0.250. The molecule has 0 radical (unpaired) electrons. The summed E-state index contributed by atoms with van der Waals surface area (Å²) in [6, 6.07) is 10.1. The summed E-state index contributed by atoms with van der Waals surface area (Å²) in [5.41, 5.74) is 3.86. The van der Waals surface area contributed by atoms with Gasteiger partial charge in [-0.3, -0.25) is 9.59 Å². The molecule has 4 rings (SSSR count). The maximum Gasteiger partial charge on any atom is 0.290 e. The van der Waals surface area contributed by atoms with Crippen LogP contribution in [0.4, 0.5) is 0 Å². The van der Waals surface area contributed by atoms with Gasteiger partial charge in [0.25, 0.3) is 12.4 Å². The van der Waals surface area contributed by atoms with Crippen molar-refractivity contribution in [1.29, 1.82) is 0 Å². The number of imidazole rings is 1. The summed E-state index contributed by atoms with van der Waals surface area (Å²) in [7, 11) is 1.64. The number of hydrogen-bond donors (Lipinski definition) is 1. The fourth-order valence-electron chi connectivity index (χ4n) is 5.33. The number of aromatic nitrogens is 3. The first-order valence-electron chi connectivity index (χ1n) is 15.3. The van der Waals surface area contributed by atoms with E-state index >= 15 is 0 Å². The Kier molecular flexibility index (Phi) is 13.3. The average molecular weight is 580 g/mol. The van der Waals surface area contributed by atoms with E-state index < -0.39 is 0 Å². The molecule has 9 heteroatoms. The van der Waals surface area contributed by atoms with Gasteiger partial charge < -0.3 is 24.2 Å². The molecule has 0 aliphatic carbocycles. The van der Waals surface area contributed by atoms with Crippen molar-refractivity contribution in [3.63, 3.8) is 0 Å². The minimum Gasteiger partial charge on any atom is -0.483 e. The number of likely N-dealkylation sites (tertiary alicyclic amines) is 1. The van der Waals surface area contributed by atoms with Gasteiger partial charge in [-0.2, -0.15) is 0 Å². The third-order valence-electron chi connectivity index (χ3n) is 7.74. The van der Waals surface area contributed by atoms with Crippen molar-refractivity contribution in [2.75, 3.05) is 39.8 Å². The number of rotatable bonds is 14. The van der Waals surface area contributed by atoms with Gasteiger partial charge in [0.15, 0.2) is 0 Å². The number of carboxylic acid groups (broad SMARTS) is 1. The highest BCUT2D eigenvalue weighted by Crippen LogP contribution is 2.23. The molecule has 1 aliphatic heterocycles. The Morgan fingerprint density at radius 3 is 2.33 bits per heavy atom. The van der Waals surface area contributed by atoms with Crippen LogP contribution in [0.25, 0.3) is 11.0 Å². The van der Waals surface area contributed by atoms with Gasteiger partial charge in [0, 0.05) is 43.9 Å². The molecule has 1 aromatic carbocycles. The first kappa shape index (κ1) is 33.0. The molecule has 1 saturated heterocycles. The molecule has 1 aliphatic rings. The maximum absolute atomic E-state index is 13.8. The molecule has 0 bridgehead atoms. The molecule has 1 fully saturated rings. The van der Waals surface area contributed by atoms with Crippen LogP contribution in [0.15, 0.2) is 36.5 Å². The Balaban J connectivity index is 0.00000155. The predicted octanol–water partition coefficient (Wildman–Crippen LogP) is 5.75. The summed E-state index contributed by atoms with van der Waals surface area (Å²) in [5, 5.41) is 6.89. The van der Waals surface area contributed by atoms with Gasteiger partial charge >= 0.3 is 0 Å². The van der Waals surface area contributed by atoms with Gasteiger partial charge in [0.05, 0.1) is 18.1 Å². The van der Waals surface area contributed by atoms with Gasteiger partial charge in [-0.25, -0.2) is 9.97 Å². The number of aryl methyl sites for hydroxylation is 1. The lowest BCUT2D eigenvalue weighted by molar-refractivity contribution is -0.122. The van der Waals surface area contributed by atoms with Crippen LogP contribution < -0.4 is 4.74 Å². The molecule has 0 spiro atoms. The zero-order valence-corrected chi connectivity index (χ0v) is 26.1. The summed E-state index contributed by atoms with van der Waals surface area (Å²) < 4.78 is 7.69. The third kappa shape index (κ3) is 9.82. The van der Waals surface area contributed by atoms with Crippen molar-refractivity contribution >= 4 is 23.4 Å². The molecular weight excluding hydrogens is 530 g/mol. The highest BCUT2D eigenvalue weighted by atomic mass is 16.5. The van der Waals surface area contributed by atoms with E-state index in [0.29, 0.717) is 24.1 Å². The van der Waals surface area contributed by atoms with Crippen molar-refractivity contribution in [2.45, 2.75) is 72.8 Å². The second kappa shape index (κ2) is 16.9. The number of carbonyl (C=O) groups is 2. The number of pyridine rings is 1. The van der Waals surface area contributed by atoms with Crippen LogP contribution in [0.5, 0.6) is 5.88 Å². The van der Waals surface area contributed by atoms with Gasteiger partial charge in [0.2, 0.25) is 5.88 Å². The fraction of sp³-hybridized carbons (Fsp3) is 0.576. The van der Waals surface area contributed by atoms with Crippen LogP contribution in [0.2, 0.25) is 0 Å². The minimum absolute atomic E-state index is 0.128. The van der Waals surface area contributed by atoms with E-state index in [-0.39, 0.29) is 12.4 Å². The largest absolute Gasteiger partial charge is 0.483 e. The quantitative estimate of drug-likeness (QED) is 0.243. The lowest BCUT2D eigenvalue weighted by Gasteiger charge is -2.25. The third-order valence-corrected chi connectivity index (χ3v) is 7.74. The zero-order valence-electron chi connectivity index (χ0n) is 26.1. The van der Waals surface area contributed by atoms with E-state index in [1.807, 2.05) is 24.3 Å². The topological polar surface area (TPSA) is 101 Å². The molecule has 3 heterocycles. The molecule has 230 valence electrons. The molecule has 1 amide bonds. The van der Waals surface area contributed by atoms with Crippen LogP contribution in [0.1, 0.15) is 81.5 Å². The number of hydrogen-bond acceptors (Lipinski definition) is 6. The molecule has 0 saturated carbocycles. The lowest BCUT2D eigenvalue weighted by Crippen LogP contribution is -2.34. The number of benzene rings is 1. The molecule has 9 nitrogen and oxygen atoms in total. The summed E-state index contributed by atoms with van der Waals surface area (Å²) in [5.74, 6) is 2.88. The van der Waals surface area contributed by atoms with Gasteiger partial charge in [-0.1, -0.05) is 27.7 Å². The molecule has 0 atom stereocenters. The second-order valence-corrected chi connectivity index (χ2v) is 11.9. The van der Waals surface area contributed by atoms with Crippen molar-refractivity contribution in [3.8, 4) is 5.88 Å². The highest BCUT2D eigenvalue weighted by molar-refractivity contribution is 5.97. The first-order chi connectivity index (χ1) is 20.2. The van der Waals surface area contributed by atoms with Gasteiger partial charge in [0.1, 0.15) is 5.82 Å². The average Bonchev–Trinajstić information content (AvgIpc) is 3.60. The van der Waals surface area contributed by atoms with Crippen LogP contribution in [0, 0.1) is 11.8 Å². The second-order valence-electron chi connectivity index (χ2n) is 11.9. The number of methoxy groups -OCH3 is 1. The standard InChI is InChI=1S/C32H47N5O2.CH2O2/c1-24(2)12-19-36(20-13-25(3)4)32(38)27-9-10-28-29(23-27)37(18-8-17-35-15-6-7-16-35)30(34-28)21-26-11-14-33-31(22-26)39-5;2-1-3/h9-11,14,22-25H,6-8,12-13,15-21H2,1-5H3;1H,(H,2,3). The summed E-state index contributed by atoms with van der Waals surface area (Å²) >= 11 is 0. The maximum atomic E-state index is 13.8. The van der Waals surface area contributed by atoms with Gasteiger partial charge in [-0.15, -0.1) is 0 Å². The first-order valence-corrected chi connectivity index (χ1v) is 15.3. The van der Waals surface area contributed by atoms with Crippen LogP contribution in [-0.2, 0) is 17.8 Å². The molecule has 42 heavy (non-hydrogen) atoms. The van der Waals surface area contributed by atoms with E-state index in [9.17, 15) is 4.79 Å². The molecule has 2 aromatic heterocycles. The zero-order chi connectivity index (χ0) is 30.5. The monoisotopic (exact) mass is 579 g/mol. The van der Waals surface area contributed by atoms with Crippen LogP contribution in [0.3, 0.4) is 0 Å². The number of nitrogens with zero attached hydrogens (tertiary/aromatic N) is 5. The number of ether oxygens (including phenoxy) is 1. The smallest absolute Gasteiger partial charge is 0.290 e. The molecule has 1 N–H and O–H groups in total. The SMILES string of the molecule is COc1cc(Cc2nc3ccc(C(=O)N(CCC(C)C)CCC(C)C)cc3n2CCCN2CCCC2)ccn1.O=CO. The number of amides is 1. The van der Waals surface area contributed by atoms with E-state index in [0.717, 1.165) is 73.4 Å². The number of carbonyl (C=O) groups excluding carboxylic acids is 1. The van der Waals surface area contributed by atoms with Crippen molar-refractivity contribution < 1.29 is 19.4 Å². The van der Waals surface area contributed by atoms with Gasteiger partial charge in [-0.05, 0) is 93.4 Å². The van der Waals surface area contributed by atoms with Crippen LogP contribution >= 0.6 is 0 Å². The Morgan fingerprint density at radius 2 is 1.71 bits per heavy atom. The van der Waals surface area contributed by atoms with Crippen LogP contribution in [-0.4, -0.2) is 81.7 Å². The Labute approximate surface area is 250 Å². The van der Waals surface area contributed by atoms with E-state index in [4.69, 9.17) is 19.6 Å². The predicted molar refractivity (Wildman–Crippen MR) is 167 cm³/mol. The lowest BCUT2D eigenvalue weighted by atomic mass is 10.1. The van der Waals surface area contributed by atoms with E-state index in [1.165, 1.54) is 25.9 Å². The summed E-state index contributed by atoms with van der Waals surface area (Å²) in [6.07, 6.45) is 8.17. The highest BCUT2D eigenvalue weighted by Gasteiger charge is 2.20. The molecule has 0 unspecified atom stereocenters. The Morgan fingerprint density at radius 1 is 1.05 bits per heavy atom. The van der Waals surface area contributed by atoms with Crippen molar-refractivity contribution in [2.24, 2.45) is 11.8 Å². The van der Waals surface area contributed by atoms with Crippen molar-refractivity contribution in [1.82, 2.24) is 24.3 Å². The normalized spacial score (nSPS) is 13.4. The van der Waals surface area contributed by atoms with Crippen molar-refractivity contribution in [3.05, 3.63) is 53.5 Å². The Hall–Kier alpha value is -3.46. The fourth-order valence-corrected chi connectivity index (χ4v) is 5.33. The molecular formula is C33H49N5O4. The van der Waals surface area contributed by atoms with E-state index in [1.54, 1.807) is 13.3 Å². The summed E-state index contributed by atoms with van der Waals surface area (Å²) in [4.78, 5) is 36.0. The summed E-state index contributed by atoms with van der Waals surface area (Å²) in [6.45, 7) is 14.6. The van der Waals surface area contributed by atoms with E-state index in [2.05, 4.69) is 53.1 Å². The number of fused-ring (bicyclic) bond motifs is 1. The Bertz CT molecular complexity index is 1250.